The molecule has 0 N–H and O–H groups in total. The van der Waals surface area contributed by atoms with Crippen LogP contribution >= 0.6 is 7.26 Å². The molecule has 5 nitrogen and oxygen atoms in total. The van der Waals surface area contributed by atoms with E-state index < -0.39 is 25.6 Å². The van der Waals surface area contributed by atoms with Gasteiger partial charge in [0.15, 0.2) is 18.1 Å². The van der Waals surface area contributed by atoms with E-state index in [2.05, 4.69) is 72.8 Å². The van der Waals surface area contributed by atoms with Crippen molar-refractivity contribution in [2.75, 3.05) is 19.4 Å². The minimum absolute atomic E-state index is 0. The fraction of sp³-hybridized carbons (Fsp3) is 0.147. The normalized spacial score (nSPS) is 12.8. The zero-order valence-corrected chi connectivity index (χ0v) is 25.1. The Morgan fingerprint density at radius 1 is 0.659 bits per heavy atom. The van der Waals surface area contributed by atoms with E-state index in [1.807, 2.05) is 18.2 Å². The van der Waals surface area contributed by atoms with Crippen LogP contribution in [0, 0.1) is 0 Å². The molecule has 0 saturated carbocycles. The molecule has 1 aliphatic rings. The van der Waals surface area contributed by atoms with Crippen molar-refractivity contribution >= 4 is 40.7 Å². The first kappa shape index (κ1) is 30.1. The third-order valence-electron chi connectivity index (χ3n) is 7.13. The van der Waals surface area contributed by atoms with E-state index in [9.17, 15) is 14.4 Å². The topological polar surface area (TPSA) is 69.7 Å². The Morgan fingerprint density at radius 3 is 1.59 bits per heavy atom. The second-order valence-corrected chi connectivity index (χ2v) is 13.2. The molecule has 5 rings (SSSR count). The van der Waals surface area contributed by atoms with Crippen LogP contribution in [0.3, 0.4) is 0 Å². The van der Waals surface area contributed by atoms with Crippen LogP contribution in [0.1, 0.15) is 34.1 Å². The Hall–Kier alpha value is -3.86. The molecular formula is C34H30BrO5P. The number of hydrogen-bond donors (Lipinski definition) is 0. The lowest BCUT2D eigenvalue weighted by Crippen LogP contribution is -3.00. The number of allylic oxidation sites excluding steroid dienone is 2. The number of halogens is 1. The third kappa shape index (κ3) is 6.24. The van der Waals surface area contributed by atoms with Crippen LogP contribution in [0.25, 0.3) is 0 Å². The van der Waals surface area contributed by atoms with Gasteiger partial charge in [-0.1, -0.05) is 78.9 Å². The van der Waals surface area contributed by atoms with Crippen molar-refractivity contribution in [3.05, 3.63) is 138 Å². The molecule has 0 unspecified atom stereocenters. The zero-order chi connectivity index (χ0) is 28.0. The Balaban J connectivity index is 0.00000387. The number of hydrogen-bond acceptors (Lipinski definition) is 5. The second kappa shape index (κ2) is 13.7. The predicted molar refractivity (Wildman–Crippen MR) is 159 cm³/mol. The first-order valence-corrected chi connectivity index (χ1v) is 15.2. The Morgan fingerprint density at radius 2 is 1.10 bits per heavy atom. The van der Waals surface area contributed by atoms with Gasteiger partial charge in [-0.15, -0.1) is 0 Å². The van der Waals surface area contributed by atoms with Crippen molar-refractivity contribution in [3.63, 3.8) is 0 Å². The number of ketones is 2. The van der Waals surface area contributed by atoms with Crippen molar-refractivity contribution in [1.29, 1.82) is 0 Å². The fourth-order valence-electron chi connectivity index (χ4n) is 5.19. The number of rotatable bonds is 10. The molecule has 0 fully saturated rings. The van der Waals surface area contributed by atoms with Crippen LogP contribution in [0.2, 0.25) is 0 Å². The number of carbonyl (C=O) groups excluding carboxylic acids is 3. The summed E-state index contributed by atoms with van der Waals surface area (Å²) in [7, 11) is -2.02. The lowest BCUT2D eigenvalue weighted by Gasteiger charge is -2.27. The summed E-state index contributed by atoms with van der Waals surface area (Å²) in [6.45, 7) is 1.31. The summed E-state index contributed by atoms with van der Waals surface area (Å²) >= 11 is 0. The minimum Gasteiger partial charge on any atom is -1.00 e. The van der Waals surface area contributed by atoms with E-state index >= 15 is 0 Å². The van der Waals surface area contributed by atoms with E-state index in [4.69, 9.17) is 9.47 Å². The quantitative estimate of drug-likeness (QED) is 0.153. The van der Waals surface area contributed by atoms with Crippen LogP contribution in [-0.4, -0.2) is 36.9 Å². The van der Waals surface area contributed by atoms with Gasteiger partial charge in [0.05, 0.1) is 12.8 Å². The summed E-state index contributed by atoms with van der Waals surface area (Å²) in [5, 5.41) is 3.81. The molecule has 208 valence electrons. The minimum atomic E-state index is -2.02. The van der Waals surface area contributed by atoms with Gasteiger partial charge < -0.3 is 26.5 Å². The van der Waals surface area contributed by atoms with E-state index in [0.29, 0.717) is 12.0 Å². The van der Waals surface area contributed by atoms with Crippen molar-refractivity contribution in [3.8, 4) is 0 Å². The van der Waals surface area contributed by atoms with Gasteiger partial charge in [0.1, 0.15) is 23.2 Å². The lowest BCUT2D eigenvalue weighted by atomic mass is 9.89. The molecule has 0 radical (unpaired) electrons. The molecule has 0 aromatic heterocycles. The number of benzene rings is 4. The molecule has 0 saturated heterocycles. The van der Waals surface area contributed by atoms with Gasteiger partial charge in [-0.05, 0) is 43.3 Å². The van der Waals surface area contributed by atoms with Crippen LogP contribution in [0.4, 0.5) is 0 Å². The molecule has 1 aliphatic carbocycles. The summed E-state index contributed by atoms with van der Waals surface area (Å²) in [5.41, 5.74) is 0.825. The second-order valence-electron chi connectivity index (χ2n) is 9.56. The summed E-state index contributed by atoms with van der Waals surface area (Å²) < 4.78 is 11.1. The molecule has 7 heteroatoms. The van der Waals surface area contributed by atoms with Gasteiger partial charge in [0.25, 0.3) is 0 Å². The monoisotopic (exact) mass is 628 g/mol. The van der Waals surface area contributed by atoms with Crippen LogP contribution in [-0.2, 0) is 14.3 Å². The van der Waals surface area contributed by atoms with Crippen molar-refractivity contribution in [1.82, 2.24) is 0 Å². The molecule has 4 aromatic carbocycles. The Kier molecular flexibility index (Phi) is 10.0. The molecule has 0 atom stereocenters. The van der Waals surface area contributed by atoms with Gasteiger partial charge in [0, 0.05) is 23.1 Å². The number of carbonyl (C=O) groups is 3. The van der Waals surface area contributed by atoms with Gasteiger partial charge in [0.2, 0.25) is 5.78 Å². The van der Waals surface area contributed by atoms with Crippen LogP contribution in [0.5, 0.6) is 0 Å². The predicted octanol–water partition coefficient (Wildman–Crippen LogP) is 2.29. The molecule has 0 bridgehead atoms. The highest BCUT2D eigenvalue weighted by Gasteiger charge is 2.44. The maximum atomic E-state index is 12.9. The van der Waals surface area contributed by atoms with Crippen molar-refractivity contribution in [2.24, 2.45) is 0 Å². The SMILES string of the molecule is CC1=C(OCC(=O)OCCC[P+](c2ccccc2)(c2ccccc2)c2ccccc2)C(=O)c2ccccc2C1=O.[Br-]. The van der Waals surface area contributed by atoms with Gasteiger partial charge >= 0.3 is 5.97 Å². The number of esters is 1. The summed E-state index contributed by atoms with van der Waals surface area (Å²) in [6.07, 6.45) is 1.46. The van der Waals surface area contributed by atoms with Crippen molar-refractivity contribution in [2.45, 2.75) is 13.3 Å². The maximum Gasteiger partial charge on any atom is 0.344 e. The average molecular weight is 629 g/mol. The molecule has 41 heavy (non-hydrogen) atoms. The van der Waals surface area contributed by atoms with Crippen molar-refractivity contribution < 1.29 is 40.8 Å². The van der Waals surface area contributed by atoms with E-state index in [-0.39, 0.29) is 46.3 Å². The summed E-state index contributed by atoms with van der Waals surface area (Å²) in [5.74, 6) is -1.35. The highest BCUT2D eigenvalue weighted by atomic mass is 79.9. The standard InChI is InChI=1S/C34H30O5P.BrH/c1-25-32(36)29-20-11-12-21-30(29)33(37)34(25)39-24-31(35)38-22-13-23-40(26-14-5-2-6-15-26,27-16-7-3-8-17-27)28-18-9-4-10-19-28;/h2-12,14-21H,13,22-24H2,1H3;1H/q+1;/p-1. The Labute approximate surface area is 251 Å². The van der Waals surface area contributed by atoms with Crippen LogP contribution in [0.15, 0.2) is 127 Å². The molecule has 0 spiro atoms. The first-order valence-electron chi connectivity index (χ1n) is 13.2. The molecule has 0 heterocycles. The third-order valence-corrected chi connectivity index (χ3v) is 11.7. The number of ether oxygens (including phenoxy) is 2. The lowest BCUT2D eigenvalue weighted by molar-refractivity contribution is -0.147. The van der Waals surface area contributed by atoms with E-state index in [1.54, 1.807) is 24.3 Å². The molecule has 0 aliphatic heterocycles. The number of fused-ring (bicyclic) bond motifs is 1. The van der Waals surface area contributed by atoms with Crippen LogP contribution < -0.4 is 32.9 Å². The van der Waals surface area contributed by atoms with E-state index in [1.165, 1.54) is 22.8 Å². The smallest absolute Gasteiger partial charge is 0.344 e. The van der Waals surface area contributed by atoms with Gasteiger partial charge in [-0.3, -0.25) is 9.59 Å². The first-order chi connectivity index (χ1) is 19.5. The maximum absolute atomic E-state index is 12.9. The zero-order valence-electron chi connectivity index (χ0n) is 22.7. The van der Waals surface area contributed by atoms with Gasteiger partial charge in [-0.2, -0.15) is 0 Å². The molecule has 4 aromatic rings. The summed E-state index contributed by atoms with van der Waals surface area (Å²) in [4.78, 5) is 38.2. The number of Topliss-reactive ketones (excluding diaryl/α,β-unsaturated/α-hetero) is 2. The molecule has 0 amide bonds. The largest absolute Gasteiger partial charge is 1.00 e. The van der Waals surface area contributed by atoms with Gasteiger partial charge in [-0.25, -0.2) is 4.79 Å². The fourth-order valence-corrected chi connectivity index (χ4v) is 9.51. The average Bonchev–Trinajstić information content (AvgIpc) is 3.01. The van der Waals surface area contributed by atoms with E-state index in [0.717, 1.165) is 6.16 Å². The summed E-state index contributed by atoms with van der Waals surface area (Å²) in [6, 6.07) is 38.2. The molecular weight excluding hydrogens is 599 g/mol. The Bertz CT molecular complexity index is 1460. The highest BCUT2D eigenvalue weighted by Crippen LogP contribution is 2.55. The highest BCUT2D eigenvalue weighted by molar-refractivity contribution is 7.95.